The Morgan fingerprint density at radius 2 is 2.17 bits per heavy atom. The van der Waals surface area contributed by atoms with Crippen LogP contribution in [0, 0.1) is 5.82 Å². The first kappa shape index (κ1) is 13.3. The predicted octanol–water partition coefficient (Wildman–Crippen LogP) is 3.74. The molecule has 18 heavy (non-hydrogen) atoms. The maximum Gasteiger partial charge on any atom is 0.137 e. The third-order valence-corrected chi connectivity index (χ3v) is 3.66. The molecule has 0 aliphatic rings. The second-order valence-corrected chi connectivity index (χ2v) is 5.14. The third-order valence-electron chi connectivity index (χ3n) is 2.32. The molecule has 1 N–H and O–H groups in total. The lowest BCUT2D eigenvalue weighted by atomic mass is 10.2. The van der Waals surface area contributed by atoms with Crippen molar-refractivity contribution in [1.82, 2.24) is 10.3 Å². The maximum absolute atomic E-state index is 13.8. The monoisotopic (exact) mass is 282 g/mol. The zero-order chi connectivity index (χ0) is 13.0. The van der Waals surface area contributed by atoms with Crippen LogP contribution in [-0.2, 0) is 6.54 Å². The average Bonchev–Trinajstić information content (AvgIpc) is 2.36. The first-order valence-corrected chi connectivity index (χ1v) is 6.61. The molecule has 1 heterocycles. The van der Waals surface area contributed by atoms with Gasteiger partial charge < -0.3 is 5.32 Å². The minimum atomic E-state index is -0.232. The molecule has 2 nitrogen and oxygen atoms in total. The van der Waals surface area contributed by atoms with Crippen LogP contribution in [0.15, 0.2) is 46.5 Å². The van der Waals surface area contributed by atoms with Gasteiger partial charge in [0.2, 0.25) is 0 Å². The van der Waals surface area contributed by atoms with Gasteiger partial charge >= 0.3 is 0 Å². The summed E-state index contributed by atoms with van der Waals surface area (Å²) in [6, 6.07) is 8.59. The van der Waals surface area contributed by atoms with Crippen LogP contribution in [0.3, 0.4) is 0 Å². The van der Waals surface area contributed by atoms with Gasteiger partial charge in [-0.3, -0.25) is 0 Å². The first-order chi connectivity index (χ1) is 8.70. The molecule has 0 bridgehead atoms. The van der Waals surface area contributed by atoms with E-state index in [1.54, 1.807) is 24.4 Å². The smallest absolute Gasteiger partial charge is 0.137 e. The van der Waals surface area contributed by atoms with Crippen LogP contribution >= 0.6 is 23.4 Å². The van der Waals surface area contributed by atoms with Crippen molar-refractivity contribution in [2.24, 2.45) is 0 Å². The lowest BCUT2D eigenvalue weighted by molar-refractivity contribution is 0.594. The predicted molar refractivity (Wildman–Crippen MR) is 72.5 cm³/mol. The highest BCUT2D eigenvalue weighted by Gasteiger charge is 2.10. The van der Waals surface area contributed by atoms with Crippen LogP contribution < -0.4 is 5.32 Å². The highest BCUT2D eigenvalue weighted by molar-refractivity contribution is 7.99. The highest BCUT2D eigenvalue weighted by Crippen LogP contribution is 2.31. The maximum atomic E-state index is 13.8. The molecular formula is C13H12ClFN2S. The zero-order valence-electron chi connectivity index (χ0n) is 9.78. The number of nitrogens with zero attached hydrogens (tertiary/aromatic N) is 1. The molecule has 2 aromatic rings. The van der Waals surface area contributed by atoms with Crippen molar-refractivity contribution in [3.8, 4) is 0 Å². The highest BCUT2D eigenvalue weighted by atomic mass is 35.5. The fourth-order valence-electron chi connectivity index (χ4n) is 1.52. The summed E-state index contributed by atoms with van der Waals surface area (Å²) in [7, 11) is 1.83. The zero-order valence-corrected chi connectivity index (χ0v) is 11.4. The van der Waals surface area contributed by atoms with E-state index in [1.165, 1.54) is 17.8 Å². The van der Waals surface area contributed by atoms with Crippen LogP contribution in [0.2, 0.25) is 5.02 Å². The standard InChI is InChI=1S/C13H12ClFN2S/c1-16-7-9-3-2-4-11(15)13(9)18-12-6-5-10(14)8-17-12/h2-6,8,16H,7H2,1H3. The second-order valence-electron chi connectivity index (χ2n) is 3.68. The first-order valence-electron chi connectivity index (χ1n) is 5.42. The molecule has 94 valence electrons. The molecule has 0 fully saturated rings. The van der Waals surface area contributed by atoms with Crippen molar-refractivity contribution < 1.29 is 4.39 Å². The average molecular weight is 283 g/mol. The molecule has 0 radical (unpaired) electrons. The van der Waals surface area contributed by atoms with E-state index in [0.29, 0.717) is 16.5 Å². The SMILES string of the molecule is CNCc1cccc(F)c1Sc1ccc(Cl)cn1. The molecule has 0 amide bonds. The largest absolute Gasteiger partial charge is 0.316 e. The summed E-state index contributed by atoms with van der Waals surface area (Å²) in [5.74, 6) is -0.232. The Labute approximate surface area is 115 Å². The van der Waals surface area contributed by atoms with E-state index in [2.05, 4.69) is 10.3 Å². The van der Waals surface area contributed by atoms with Crippen LogP contribution in [0.1, 0.15) is 5.56 Å². The number of hydrogen-bond acceptors (Lipinski definition) is 3. The second kappa shape index (κ2) is 6.18. The van der Waals surface area contributed by atoms with E-state index in [9.17, 15) is 4.39 Å². The van der Waals surface area contributed by atoms with Gasteiger partial charge in [0.05, 0.1) is 9.92 Å². The quantitative estimate of drug-likeness (QED) is 0.925. The van der Waals surface area contributed by atoms with Gasteiger partial charge in [-0.2, -0.15) is 0 Å². The summed E-state index contributed by atoms with van der Waals surface area (Å²) >= 11 is 7.08. The van der Waals surface area contributed by atoms with Crippen LogP contribution in [0.25, 0.3) is 0 Å². The van der Waals surface area contributed by atoms with Gasteiger partial charge in [0, 0.05) is 12.7 Å². The van der Waals surface area contributed by atoms with E-state index in [4.69, 9.17) is 11.6 Å². The van der Waals surface area contributed by atoms with Gasteiger partial charge in [-0.1, -0.05) is 35.5 Å². The number of hydrogen-bond donors (Lipinski definition) is 1. The minimum Gasteiger partial charge on any atom is -0.316 e. The van der Waals surface area contributed by atoms with Crippen molar-refractivity contribution in [2.75, 3.05) is 7.05 Å². The van der Waals surface area contributed by atoms with Crippen molar-refractivity contribution in [2.45, 2.75) is 16.5 Å². The van der Waals surface area contributed by atoms with E-state index < -0.39 is 0 Å². The topological polar surface area (TPSA) is 24.9 Å². The lowest BCUT2D eigenvalue weighted by Crippen LogP contribution is -2.06. The minimum absolute atomic E-state index is 0.232. The molecule has 0 saturated carbocycles. The van der Waals surface area contributed by atoms with Gasteiger partial charge in [-0.15, -0.1) is 0 Å². The normalized spacial score (nSPS) is 10.6. The summed E-state index contributed by atoms with van der Waals surface area (Å²) in [4.78, 5) is 4.76. The molecule has 1 aromatic carbocycles. The molecular weight excluding hydrogens is 271 g/mol. The Hall–Kier alpha value is -1.10. The molecule has 0 saturated heterocycles. The van der Waals surface area contributed by atoms with E-state index in [-0.39, 0.29) is 5.82 Å². The van der Waals surface area contributed by atoms with Gasteiger partial charge in [-0.05, 0) is 30.8 Å². The molecule has 0 unspecified atom stereocenters. The number of benzene rings is 1. The Kier molecular flexibility index (Phi) is 4.58. The summed E-state index contributed by atoms with van der Waals surface area (Å²) in [5.41, 5.74) is 0.916. The van der Waals surface area contributed by atoms with Crippen LogP contribution in [0.5, 0.6) is 0 Å². The van der Waals surface area contributed by atoms with Crippen molar-refractivity contribution in [3.63, 3.8) is 0 Å². The summed E-state index contributed by atoms with van der Waals surface area (Å²) < 4.78 is 13.8. The van der Waals surface area contributed by atoms with Gasteiger partial charge in [-0.25, -0.2) is 9.37 Å². The molecule has 5 heteroatoms. The number of halogens is 2. The van der Waals surface area contributed by atoms with E-state index >= 15 is 0 Å². The van der Waals surface area contributed by atoms with Crippen LogP contribution in [0.4, 0.5) is 4.39 Å². The molecule has 0 aliphatic heterocycles. The van der Waals surface area contributed by atoms with Gasteiger partial charge in [0.25, 0.3) is 0 Å². The Balaban J connectivity index is 2.30. The van der Waals surface area contributed by atoms with Gasteiger partial charge in [0.1, 0.15) is 10.8 Å². The van der Waals surface area contributed by atoms with E-state index in [0.717, 1.165) is 10.6 Å². The van der Waals surface area contributed by atoms with Crippen molar-refractivity contribution >= 4 is 23.4 Å². The fraction of sp³-hybridized carbons (Fsp3) is 0.154. The van der Waals surface area contributed by atoms with Crippen molar-refractivity contribution in [3.05, 3.63) is 52.9 Å². The Morgan fingerprint density at radius 1 is 1.33 bits per heavy atom. The molecule has 0 aliphatic carbocycles. The lowest BCUT2D eigenvalue weighted by Gasteiger charge is -2.09. The van der Waals surface area contributed by atoms with Crippen molar-refractivity contribution in [1.29, 1.82) is 0 Å². The molecule has 1 aromatic heterocycles. The summed E-state index contributed by atoms with van der Waals surface area (Å²) in [6.45, 7) is 0.619. The van der Waals surface area contributed by atoms with Gasteiger partial charge in [0.15, 0.2) is 0 Å². The fourth-order valence-corrected chi connectivity index (χ4v) is 2.52. The molecule has 2 rings (SSSR count). The number of rotatable bonds is 4. The number of aromatic nitrogens is 1. The Morgan fingerprint density at radius 3 is 2.83 bits per heavy atom. The van der Waals surface area contributed by atoms with Crippen LogP contribution in [-0.4, -0.2) is 12.0 Å². The summed E-state index contributed by atoms with van der Waals surface area (Å²) in [5, 5.41) is 4.32. The van der Waals surface area contributed by atoms with E-state index in [1.807, 2.05) is 13.1 Å². The summed E-state index contributed by atoms with van der Waals surface area (Å²) in [6.07, 6.45) is 1.56. The Bertz CT molecular complexity index is 531. The molecule has 0 atom stereocenters. The molecule has 0 spiro atoms. The third kappa shape index (κ3) is 3.22. The number of nitrogens with one attached hydrogen (secondary N) is 1. The number of pyridine rings is 1.